The molecule has 2 N–H and O–H groups in total. The van der Waals surface area contributed by atoms with Gasteiger partial charge in [-0.2, -0.15) is 0 Å². The van der Waals surface area contributed by atoms with Crippen molar-refractivity contribution in [3.05, 3.63) is 30.3 Å². The van der Waals surface area contributed by atoms with Crippen molar-refractivity contribution >= 4 is 11.6 Å². The van der Waals surface area contributed by atoms with E-state index in [-0.39, 0.29) is 6.04 Å². The fourth-order valence-corrected chi connectivity index (χ4v) is 4.05. The van der Waals surface area contributed by atoms with Crippen LogP contribution in [-0.4, -0.2) is 67.1 Å². The molecule has 2 fully saturated rings. The van der Waals surface area contributed by atoms with Crippen LogP contribution in [0.1, 0.15) is 32.6 Å². The maximum atomic E-state index is 12.5. The number of benzene rings is 1. The third kappa shape index (κ3) is 4.95. The van der Waals surface area contributed by atoms with Gasteiger partial charge in [-0.05, 0) is 44.9 Å². The molecule has 25 heavy (non-hydrogen) atoms. The van der Waals surface area contributed by atoms with Crippen LogP contribution < -0.4 is 10.6 Å². The Kier molecular flexibility index (Phi) is 6.32. The Hall–Kier alpha value is -1.59. The fraction of sp³-hybridized carbons (Fsp3) is 0.650. The molecule has 2 aliphatic rings. The van der Waals surface area contributed by atoms with Crippen molar-refractivity contribution < 1.29 is 4.79 Å². The van der Waals surface area contributed by atoms with Crippen molar-refractivity contribution in [3.63, 3.8) is 0 Å². The average molecular weight is 345 g/mol. The molecule has 0 aromatic heterocycles. The van der Waals surface area contributed by atoms with Gasteiger partial charge in [0.2, 0.25) is 5.91 Å². The molecule has 3 rings (SSSR count). The Morgan fingerprint density at radius 2 is 1.84 bits per heavy atom. The van der Waals surface area contributed by atoms with E-state index in [0.717, 1.165) is 58.5 Å². The molecule has 0 aliphatic carbocycles. The number of likely N-dealkylation sites (tertiary alicyclic amines) is 1. The lowest BCUT2D eigenvalue weighted by Gasteiger charge is -2.37. The summed E-state index contributed by atoms with van der Waals surface area (Å²) in [5.41, 5.74) is 7.30. The van der Waals surface area contributed by atoms with E-state index in [9.17, 15) is 4.79 Å². The van der Waals surface area contributed by atoms with Gasteiger partial charge in [0.1, 0.15) is 0 Å². The van der Waals surface area contributed by atoms with Gasteiger partial charge >= 0.3 is 0 Å². The third-order valence-electron chi connectivity index (χ3n) is 5.60. The van der Waals surface area contributed by atoms with Gasteiger partial charge in [0, 0.05) is 56.9 Å². The number of piperidine rings is 1. The summed E-state index contributed by atoms with van der Waals surface area (Å²) in [6.07, 6.45) is 3.50. The van der Waals surface area contributed by atoms with Crippen molar-refractivity contribution in [2.75, 3.05) is 44.2 Å². The molecule has 1 aromatic carbocycles. The Bertz CT molecular complexity index is 542. The van der Waals surface area contributed by atoms with E-state index in [2.05, 4.69) is 47.1 Å². The number of nitrogens with zero attached hydrogens (tertiary/aromatic N) is 3. The van der Waals surface area contributed by atoms with Crippen molar-refractivity contribution in [2.24, 2.45) is 5.73 Å². The van der Waals surface area contributed by atoms with Crippen LogP contribution in [-0.2, 0) is 4.79 Å². The molecule has 0 bridgehead atoms. The number of amides is 1. The van der Waals surface area contributed by atoms with Gasteiger partial charge in [-0.25, -0.2) is 0 Å². The summed E-state index contributed by atoms with van der Waals surface area (Å²) in [6.45, 7) is 8.28. The Morgan fingerprint density at radius 3 is 2.52 bits per heavy atom. The summed E-state index contributed by atoms with van der Waals surface area (Å²) in [4.78, 5) is 19.4. The van der Waals surface area contributed by atoms with Crippen LogP contribution in [0.5, 0.6) is 0 Å². The number of nitrogens with two attached hydrogens (primary N) is 1. The minimum Gasteiger partial charge on any atom is -0.369 e. The van der Waals surface area contributed by atoms with E-state index < -0.39 is 0 Å². The van der Waals surface area contributed by atoms with Crippen molar-refractivity contribution in [1.29, 1.82) is 0 Å². The quantitative estimate of drug-likeness (QED) is 0.887. The largest absolute Gasteiger partial charge is 0.369 e. The molecule has 0 saturated carbocycles. The van der Waals surface area contributed by atoms with E-state index in [4.69, 9.17) is 5.73 Å². The average Bonchev–Trinajstić information content (AvgIpc) is 2.63. The topological polar surface area (TPSA) is 52.8 Å². The predicted molar refractivity (Wildman–Crippen MR) is 103 cm³/mol. The first-order chi connectivity index (χ1) is 12.1. The molecule has 1 amide bonds. The zero-order chi connectivity index (χ0) is 17.6. The van der Waals surface area contributed by atoms with Crippen molar-refractivity contribution in [3.8, 4) is 0 Å². The predicted octanol–water partition coefficient (Wildman–Crippen LogP) is 1.93. The highest BCUT2D eigenvalue weighted by atomic mass is 16.2. The molecule has 5 nitrogen and oxygen atoms in total. The highest BCUT2D eigenvalue weighted by Crippen LogP contribution is 2.18. The highest BCUT2D eigenvalue weighted by molar-refractivity contribution is 5.76. The van der Waals surface area contributed by atoms with Gasteiger partial charge in [0.05, 0.1) is 0 Å². The zero-order valence-electron chi connectivity index (χ0n) is 15.4. The molecule has 0 spiro atoms. The second-order valence-corrected chi connectivity index (χ2v) is 7.49. The monoisotopic (exact) mass is 344 g/mol. The van der Waals surface area contributed by atoms with Crippen LogP contribution in [0.25, 0.3) is 0 Å². The molecule has 0 radical (unpaired) electrons. The van der Waals surface area contributed by atoms with Crippen molar-refractivity contribution in [1.82, 2.24) is 9.80 Å². The Balaban J connectivity index is 1.35. The summed E-state index contributed by atoms with van der Waals surface area (Å²) in [6, 6.07) is 11.2. The van der Waals surface area contributed by atoms with Gasteiger partial charge in [0.25, 0.3) is 0 Å². The number of hydrogen-bond donors (Lipinski definition) is 1. The minimum absolute atomic E-state index is 0.264. The second-order valence-electron chi connectivity index (χ2n) is 7.49. The lowest BCUT2D eigenvalue weighted by Crippen LogP contribution is -2.49. The lowest BCUT2D eigenvalue weighted by molar-refractivity contribution is -0.134. The molecule has 2 saturated heterocycles. The number of rotatable bonds is 5. The number of carbonyl (C=O) groups excluding carboxylic acids is 1. The number of hydrogen-bond acceptors (Lipinski definition) is 4. The van der Waals surface area contributed by atoms with E-state index >= 15 is 0 Å². The second kappa shape index (κ2) is 8.68. The van der Waals surface area contributed by atoms with Crippen LogP contribution >= 0.6 is 0 Å². The fourth-order valence-electron chi connectivity index (χ4n) is 4.05. The first kappa shape index (κ1) is 18.2. The van der Waals surface area contributed by atoms with E-state index in [1.807, 2.05) is 4.90 Å². The molecular formula is C20H32N4O. The molecule has 2 atom stereocenters. The number of carbonyl (C=O) groups is 1. The summed E-state index contributed by atoms with van der Waals surface area (Å²) >= 11 is 0. The number of anilines is 1. The lowest BCUT2D eigenvalue weighted by atomic mass is 9.98. The minimum atomic E-state index is 0.264. The standard InChI is InChI=1S/C20H32N4O/c1-17-16-18(21)9-11-24(17)20(25)8-5-10-22-12-14-23(15-13-22)19-6-3-2-4-7-19/h2-4,6-7,17-18H,5,8-16,21H2,1H3/t17-,18-/m1/s1. The summed E-state index contributed by atoms with van der Waals surface area (Å²) in [7, 11) is 0. The first-order valence-corrected chi connectivity index (χ1v) is 9.71. The van der Waals surface area contributed by atoms with Gasteiger partial charge in [-0.15, -0.1) is 0 Å². The van der Waals surface area contributed by atoms with Crippen LogP contribution in [0.15, 0.2) is 30.3 Å². The SMILES string of the molecule is C[C@@H]1C[C@H](N)CCN1C(=O)CCCN1CCN(c2ccccc2)CC1. The van der Waals surface area contributed by atoms with Gasteiger partial charge < -0.3 is 15.5 Å². The van der Waals surface area contributed by atoms with Crippen LogP contribution in [0.3, 0.4) is 0 Å². The molecule has 2 aliphatic heterocycles. The Morgan fingerprint density at radius 1 is 1.12 bits per heavy atom. The molecule has 5 heteroatoms. The normalized spacial score (nSPS) is 25.2. The van der Waals surface area contributed by atoms with Gasteiger partial charge in [-0.3, -0.25) is 9.69 Å². The molecule has 0 unspecified atom stereocenters. The van der Waals surface area contributed by atoms with Gasteiger partial charge in [0.15, 0.2) is 0 Å². The highest BCUT2D eigenvalue weighted by Gasteiger charge is 2.26. The van der Waals surface area contributed by atoms with Crippen molar-refractivity contribution in [2.45, 2.75) is 44.7 Å². The van der Waals surface area contributed by atoms with Crippen LogP contribution in [0.2, 0.25) is 0 Å². The zero-order valence-corrected chi connectivity index (χ0v) is 15.4. The summed E-state index contributed by atoms with van der Waals surface area (Å²) in [5, 5.41) is 0. The first-order valence-electron chi connectivity index (χ1n) is 9.71. The van der Waals surface area contributed by atoms with Crippen LogP contribution in [0, 0.1) is 0 Å². The van der Waals surface area contributed by atoms with E-state index in [1.54, 1.807) is 0 Å². The summed E-state index contributed by atoms with van der Waals surface area (Å²) < 4.78 is 0. The maximum Gasteiger partial charge on any atom is 0.222 e. The summed E-state index contributed by atoms with van der Waals surface area (Å²) in [5.74, 6) is 0.308. The van der Waals surface area contributed by atoms with E-state index in [0.29, 0.717) is 18.4 Å². The number of para-hydroxylation sites is 1. The Labute approximate surface area is 151 Å². The third-order valence-corrected chi connectivity index (χ3v) is 5.60. The van der Waals surface area contributed by atoms with E-state index in [1.165, 1.54) is 5.69 Å². The molecular weight excluding hydrogens is 312 g/mol. The van der Waals surface area contributed by atoms with Crippen LogP contribution in [0.4, 0.5) is 5.69 Å². The molecule has 1 aromatic rings. The maximum absolute atomic E-state index is 12.5. The molecule has 138 valence electrons. The smallest absolute Gasteiger partial charge is 0.222 e. The number of piperazine rings is 1. The van der Waals surface area contributed by atoms with Gasteiger partial charge in [-0.1, -0.05) is 18.2 Å². The molecule has 2 heterocycles.